The van der Waals surface area contributed by atoms with Crippen molar-refractivity contribution >= 4 is 0 Å². The first-order valence-corrected chi connectivity index (χ1v) is 3.21. The van der Waals surface area contributed by atoms with Gasteiger partial charge in [0.1, 0.15) is 0 Å². The number of hydrogen-bond acceptors (Lipinski definition) is 1. The molecular weight excluding hydrogens is 98.1 g/mol. The second kappa shape index (κ2) is 10.0. The predicted octanol–water partition coefficient (Wildman–Crippen LogP) is 2.95. The van der Waals surface area contributed by atoms with Crippen LogP contribution in [0, 0.1) is 6.92 Å². The van der Waals surface area contributed by atoms with E-state index in [4.69, 9.17) is 0 Å². The van der Waals surface area contributed by atoms with Gasteiger partial charge in [-0.25, -0.2) is 0 Å². The fourth-order valence-electron chi connectivity index (χ4n) is 0.604. The highest BCUT2D eigenvalue weighted by molar-refractivity contribution is 4.41. The molecule has 0 heterocycles. The Morgan fingerprint density at radius 3 is 2.12 bits per heavy atom. The highest BCUT2D eigenvalue weighted by Gasteiger charge is 1.80. The monoisotopic (exact) mass is 116 g/mol. The fourth-order valence-corrected chi connectivity index (χ4v) is 0.604. The molecular formula is C7H18N. The molecule has 0 aromatic carbocycles. The lowest BCUT2D eigenvalue weighted by Crippen LogP contribution is -1.71. The summed E-state index contributed by atoms with van der Waals surface area (Å²) in [5, 5.41) is 0. The molecule has 0 rings (SSSR count). The van der Waals surface area contributed by atoms with Crippen molar-refractivity contribution in [1.82, 2.24) is 6.15 Å². The Hall–Kier alpha value is -0.0400. The Kier molecular flexibility index (Phi) is 13.6. The Morgan fingerprint density at radius 1 is 1.12 bits per heavy atom. The van der Waals surface area contributed by atoms with Gasteiger partial charge in [-0.1, -0.05) is 46.0 Å². The Balaban J connectivity index is 0. The van der Waals surface area contributed by atoms with E-state index in [0.29, 0.717) is 0 Å². The zero-order chi connectivity index (χ0) is 5.54. The van der Waals surface area contributed by atoms with Gasteiger partial charge in [0.05, 0.1) is 0 Å². The van der Waals surface area contributed by atoms with Crippen LogP contribution in [0.2, 0.25) is 0 Å². The molecule has 0 fully saturated rings. The first kappa shape index (κ1) is 10.9. The molecule has 1 nitrogen and oxygen atoms in total. The first-order valence-electron chi connectivity index (χ1n) is 3.21. The van der Waals surface area contributed by atoms with E-state index in [1.165, 1.54) is 25.7 Å². The van der Waals surface area contributed by atoms with Crippen LogP contribution in [0.3, 0.4) is 0 Å². The molecule has 0 aromatic heterocycles. The highest BCUT2D eigenvalue weighted by Crippen LogP contribution is 1.99. The van der Waals surface area contributed by atoms with E-state index in [0.717, 1.165) is 6.42 Å². The van der Waals surface area contributed by atoms with Crippen LogP contribution in [0.5, 0.6) is 0 Å². The van der Waals surface area contributed by atoms with Crippen molar-refractivity contribution in [2.45, 2.75) is 39.0 Å². The minimum absolute atomic E-state index is 0. The van der Waals surface area contributed by atoms with Crippen LogP contribution in [0.1, 0.15) is 39.0 Å². The van der Waals surface area contributed by atoms with E-state index in [-0.39, 0.29) is 6.15 Å². The SMILES string of the molecule is N.[CH2]CCCCCC. The predicted molar refractivity (Wildman–Crippen MR) is 39.1 cm³/mol. The van der Waals surface area contributed by atoms with Crippen molar-refractivity contribution in [1.29, 1.82) is 0 Å². The normalized spacial score (nSPS) is 8.25. The molecule has 0 bridgehead atoms. The van der Waals surface area contributed by atoms with Crippen LogP contribution in [-0.2, 0) is 0 Å². The maximum atomic E-state index is 3.76. The van der Waals surface area contributed by atoms with Crippen molar-refractivity contribution < 1.29 is 0 Å². The van der Waals surface area contributed by atoms with Gasteiger partial charge in [-0.15, -0.1) is 0 Å². The molecule has 0 saturated heterocycles. The van der Waals surface area contributed by atoms with Crippen molar-refractivity contribution in [3.63, 3.8) is 0 Å². The summed E-state index contributed by atoms with van der Waals surface area (Å²) in [5.41, 5.74) is 0. The van der Waals surface area contributed by atoms with Gasteiger partial charge in [0.25, 0.3) is 0 Å². The zero-order valence-corrected chi connectivity index (χ0v) is 5.95. The van der Waals surface area contributed by atoms with Crippen LogP contribution in [0.15, 0.2) is 0 Å². The average Bonchev–Trinajstić information content (AvgIpc) is 1.69. The summed E-state index contributed by atoms with van der Waals surface area (Å²) in [5.74, 6) is 0. The molecule has 8 heavy (non-hydrogen) atoms. The number of hydrogen-bond donors (Lipinski definition) is 1. The van der Waals surface area contributed by atoms with E-state index in [9.17, 15) is 0 Å². The number of unbranched alkanes of at least 4 members (excludes halogenated alkanes) is 4. The minimum atomic E-state index is 0. The van der Waals surface area contributed by atoms with E-state index >= 15 is 0 Å². The first-order chi connectivity index (χ1) is 3.41. The molecule has 0 atom stereocenters. The summed E-state index contributed by atoms with van der Waals surface area (Å²) < 4.78 is 0. The quantitative estimate of drug-likeness (QED) is 0.563. The van der Waals surface area contributed by atoms with Gasteiger partial charge in [-0.05, 0) is 0 Å². The lowest BCUT2D eigenvalue weighted by atomic mass is 10.2. The summed E-state index contributed by atoms with van der Waals surface area (Å²) >= 11 is 0. The van der Waals surface area contributed by atoms with Gasteiger partial charge in [0.2, 0.25) is 0 Å². The van der Waals surface area contributed by atoms with Gasteiger partial charge in [0, 0.05) is 0 Å². The molecule has 1 radical (unpaired) electrons. The molecule has 0 aromatic rings. The molecule has 0 aliphatic carbocycles. The van der Waals surface area contributed by atoms with Crippen LogP contribution in [0.25, 0.3) is 0 Å². The second-order valence-electron chi connectivity index (χ2n) is 1.91. The third kappa shape index (κ3) is 9.35. The minimum Gasteiger partial charge on any atom is -0.344 e. The highest BCUT2D eigenvalue weighted by atomic mass is 14.0. The molecule has 0 spiro atoms. The van der Waals surface area contributed by atoms with Crippen LogP contribution in [0.4, 0.5) is 0 Å². The fraction of sp³-hybridized carbons (Fsp3) is 0.857. The summed E-state index contributed by atoms with van der Waals surface area (Å²) in [7, 11) is 0. The standard InChI is InChI=1S/C7H15.H3N/c1-3-5-7-6-4-2;/h1,3-7H2,2H3;1H3. The average molecular weight is 116 g/mol. The number of rotatable bonds is 4. The van der Waals surface area contributed by atoms with E-state index < -0.39 is 0 Å². The summed E-state index contributed by atoms with van der Waals surface area (Å²) in [6.07, 6.45) is 6.52. The molecule has 0 amide bonds. The summed E-state index contributed by atoms with van der Waals surface area (Å²) in [6.45, 7) is 5.98. The molecule has 0 saturated carbocycles. The largest absolute Gasteiger partial charge is 0.344 e. The van der Waals surface area contributed by atoms with Crippen molar-refractivity contribution in [2.75, 3.05) is 0 Å². The van der Waals surface area contributed by atoms with Gasteiger partial charge in [-0.2, -0.15) is 0 Å². The van der Waals surface area contributed by atoms with Crippen molar-refractivity contribution in [3.05, 3.63) is 6.92 Å². The topological polar surface area (TPSA) is 35.0 Å². The molecule has 0 unspecified atom stereocenters. The van der Waals surface area contributed by atoms with Gasteiger partial charge < -0.3 is 6.15 Å². The van der Waals surface area contributed by atoms with Crippen molar-refractivity contribution in [3.8, 4) is 0 Å². The molecule has 0 aliphatic heterocycles. The van der Waals surface area contributed by atoms with Crippen LogP contribution >= 0.6 is 0 Å². The smallest absolute Gasteiger partial charge is 0.0533 e. The molecule has 51 valence electrons. The molecule has 1 heteroatoms. The maximum Gasteiger partial charge on any atom is -0.0533 e. The van der Waals surface area contributed by atoms with Crippen molar-refractivity contribution in [2.24, 2.45) is 0 Å². The third-order valence-corrected chi connectivity index (χ3v) is 1.10. The third-order valence-electron chi connectivity index (χ3n) is 1.10. The lowest BCUT2D eigenvalue weighted by molar-refractivity contribution is 0.673. The van der Waals surface area contributed by atoms with Gasteiger partial charge in [0.15, 0.2) is 0 Å². The van der Waals surface area contributed by atoms with Gasteiger partial charge >= 0.3 is 0 Å². The summed E-state index contributed by atoms with van der Waals surface area (Å²) in [4.78, 5) is 0. The maximum absolute atomic E-state index is 3.76. The Morgan fingerprint density at radius 2 is 1.75 bits per heavy atom. The van der Waals surface area contributed by atoms with E-state index in [1.54, 1.807) is 0 Å². The van der Waals surface area contributed by atoms with E-state index in [2.05, 4.69) is 13.8 Å². The molecule has 3 N–H and O–H groups in total. The zero-order valence-electron chi connectivity index (χ0n) is 5.95. The van der Waals surface area contributed by atoms with Gasteiger partial charge in [-0.3, -0.25) is 0 Å². The van der Waals surface area contributed by atoms with E-state index in [1.807, 2.05) is 0 Å². The Bertz CT molecular complexity index is 23.6. The lowest BCUT2D eigenvalue weighted by Gasteiger charge is -1.90. The summed E-state index contributed by atoms with van der Waals surface area (Å²) in [6, 6.07) is 0. The molecule has 0 aliphatic rings. The Labute approximate surface area is 53.1 Å². The second-order valence-corrected chi connectivity index (χ2v) is 1.91. The van der Waals surface area contributed by atoms with Crippen LogP contribution in [-0.4, -0.2) is 0 Å². The van der Waals surface area contributed by atoms with Crippen LogP contribution < -0.4 is 6.15 Å².